The van der Waals surface area contributed by atoms with Crippen LogP contribution in [0.25, 0.3) is 22.3 Å². The molecule has 0 nitrogen and oxygen atoms in total. The molecule has 0 atom stereocenters. The molecule has 0 bridgehead atoms. The molecule has 23 heavy (non-hydrogen) atoms. The van der Waals surface area contributed by atoms with Gasteiger partial charge < -0.3 is 0 Å². The standard InChI is InChI=1S/C21H18BrF/c22-15-17-3-7-19(8-4-17)21-11-9-20(10-12-21)18-5-1-16(2-6-18)13-14-23/h1-12H,13-15H2. The first kappa shape index (κ1) is 15.9. The van der Waals surface area contributed by atoms with Crippen LogP contribution in [-0.4, -0.2) is 6.67 Å². The number of halogens is 2. The molecule has 3 aromatic carbocycles. The Labute approximate surface area is 145 Å². The second-order valence-electron chi connectivity index (χ2n) is 5.54. The Balaban J connectivity index is 1.80. The highest BCUT2D eigenvalue weighted by atomic mass is 79.9. The average molecular weight is 369 g/mol. The number of alkyl halides is 2. The first-order chi connectivity index (χ1) is 11.3. The highest BCUT2D eigenvalue weighted by Crippen LogP contribution is 2.25. The van der Waals surface area contributed by atoms with Crippen molar-refractivity contribution in [3.8, 4) is 22.3 Å². The molecule has 0 heterocycles. The van der Waals surface area contributed by atoms with Crippen molar-refractivity contribution in [3.05, 3.63) is 83.9 Å². The molecule has 0 fully saturated rings. The molecule has 0 radical (unpaired) electrons. The van der Waals surface area contributed by atoms with E-state index in [2.05, 4.69) is 76.6 Å². The zero-order valence-electron chi connectivity index (χ0n) is 12.8. The summed E-state index contributed by atoms with van der Waals surface area (Å²) < 4.78 is 12.4. The number of hydrogen-bond acceptors (Lipinski definition) is 0. The van der Waals surface area contributed by atoms with E-state index < -0.39 is 0 Å². The van der Waals surface area contributed by atoms with Gasteiger partial charge in [0.15, 0.2) is 0 Å². The Kier molecular flexibility index (Phi) is 5.24. The molecule has 0 aliphatic carbocycles. The highest BCUT2D eigenvalue weighted by Gasteiger charge is 2.01. The molecule has 0 aromatic heterocycles. The zero-order chi connectivity index (χ0) is 16.1. The molecule has 3 aromatic rings. The van der Waals surface area contributed by atoms with Crippen LogP contribution in [0.3, 0.4) is 0 Å². The number of hydrogen-bond donors (Lipinski definition) is 0. The third-order valence-electron chi connectivity index (χ3n) is 4.00. The Hall–Kier alpha value is -1.93. The van der Waals surface area contributed by atoms with Gasteiger partial charge in [-0.1, -0.05) is 88.7 Å². The molecular weight excluding hydrogens is 351 g/mol. The van der Waals surface area contributed by atoms with E-state index in [0.29, 0.717) is 6.42 Å². The molecule has 0 saturated heterocycles. The van der Waals surface area contributed by atoms with E-state index >= 15 is 0 Å². The van der Waals surface area contributed by atoms with Crippen LogP contribution >= 0.6 is 15.9 Å². The van der Waals surface area contributed by atoms with Crippen molar-refractivity contribution in [1.82, 2.24) is 0 Å². The van der Waals surface area contributed by atoms with Gasteiger partial charge in [0.25, 0.3) is 0 Å². The lowest BCUT2D eigenvalue weighted by Gasteiger charge is -2.07. The summed E-state index contributed by atoms with van der Waals surface area (Å²) >= 11 is 3.47. The SMILES string of the molecule is FCCc1ccc(-c2ccc(-c3ccc(CBr)cc3)cc2)cc1. The predicted octanol–water partition coefficient (Wildman–Crippen LogP) is 6.43. The van der Waals surface area contributed by atoms with Crippen LogP contribution in [0.1, 0.15) is 11.1 Å². The third-order valence-corrected chi connectivity index (χ3v) is 4.64. The average Bonchev–Trinajstić information content (AvgIpc) is 2.63. The first-order valence-electron chi connectivity index (χ1n) is 7.71. The van der Waals surface area contributed by atoms with Crippen molar-refractivity contribution in [2.45, 2.75) is 11.8 Å². The zero-order valence-corrected chi connectivity index (χ0v) is 14.4. The molecule has 0 spiro atoms. The van der Waals surface area contributed by atoms with Crippen molar-refractivity contribution < 1.29 is 4.39 Å². The summed E-state index contributed by atoms with van der Waals surface area (Å²) in [5, 5.41) is 0.880. The van der Waals surface area contributed by atoms with Crippen LogP contribution in [0.5, 0.6) is 0 Å². The van der Waals surface area contributed by atoms with Crippen LogP contribution < -0.4 is 0 Å². The fourth-order valence-corrected chi connectivity index (χ4v) is 2.99. The number of benzene rings is 3. The Morgan fingerprint density at radius 1 is 0.565 bits per heavy atom. The van der Waals surface area contributed by atoms with Gasteiger partial charge in [0.05, 0.1) is 6.67 Å². The van der Waals surface area contributed by atoms with Crippen LogP contribution in [0, 0.1) is 0 Å². The largest absolute Gasteiger partial charge is 0.251 e. The van der Waals surface area contributed by atoms with Gasteiger partial charge in [-0.25, -0.2) is 0 Å². The summed E-state index contributed by atoms with van der Waals surface area (Å²) in [4.78, 5) is 0. The molecule has 0 aliphatic rings. The number of rotatable bonds is 5. The van der Waals surface area contributed by atoms with Crippen molar-refractivity contribution in [1.29, 1.82) is 0 Å². The third kappa shape index (κ3) is 3.89. The second-order valence-corrected chi connectivity index (χ2v) is 6.10. The van der Waals surface area contributed by atoms with E-state index in [1.54, 1.807) is 0 Å². The topological polar surface area (TPSA) is 0 Å². The summed E-state index contributed by atoms with van der Waals surface area (Å²) in [6.07, 6.45) is 0.490. The van der Waals surface area contributed by atoms with Gasteiger partial charge in [0, 0.05) is 11.8 Å². The van der Waals surface area contributed by atoms with Crippen molar-refractivity contribution in [2.24, 2.45) is 0 Å². The smallest absolute Gasteiger partial charge is 0.0934 e. The lowest BCUT2D eigenvalue weighted by molar-refractivity contribution is 0.495. The second kappa shape index (κ2) is 7.56. The van der Waals surface area contributed by atoms with E-state index in [-0.39, 0.29) is 6.67 Å². The van der Waals surface area contributed by atoms with E-state index in [0.717, 1.165) is 16.5 Å². The van der Waals surface area contributed by atoms with Crippen LogP contribution in [0.4, 0.5) is 4.39 Å². The number of aryl methyl sites for hydroxylation is 1. The Morgan fingerprint density at radius 3 is 1.26 bits per heavy atom. The first-order valence-corrected chi connectivity index (χ1v) is 8.83. The molecular formula is C21H18BrF. The maximum atomic E-state index is 12.4. The van der Waals surface area contributed by atoms with Crippen molar-refractivity contribution >= 4 is 15.9 Å². The van der Waals surface area contributed by atoms with Gasteiger partial charge in [-0.15, -0.1) is 0 Å². The summed E-state index contributed by atoms with van der Waals surface area (Å²) in [6, 6.07) is 25.3. The lowest BCUT2D eigenvalue weighted by atomic mass is 9.99. The Bertz CT molecular complexity index is 743. The molecule has 0 unspecified atom stereocenters. The van der Waals surface area contributed by atoms with Gasteiger partial charge in [-0.2, -0.15) is 0 Å². The van der Waals surface area contributed by atoms with Crippen LogP contribution in [-0.2, 0) is 11.8 Å². The van der Waals surface area contributed by atoms with E-state index in [1.807, 2.05) is 12.1 Å². The van der Waals surface area contributed by atoms with Crippen molar-refractivity contribution in [2.75, 3.05) is 6.67 Å². The fourth-order valence-electron chi connectivity index (χ4n) is 2.61. The normalized spacial score (nSPS) is 10.7. The minimum atomic E-state index is -0.304. The fraction of sp³-hybridized carbons (Fsp3) is 0.143. The molecule has 0 N–H and O–H groups in total. The van der Waals surface area contributed by atoms with Crippen LogP contribution in [0.15, 0.2) is 72.8 Å². The molecule has 0 aliphatic heterocycles. The summed E-state index contributed by atoms with van der Waals surface area (Å²) in [7, 11) is 0. The van der Waals surface area contributed by atoms with Crippen molar-refractivity contribution in [3.63, 3.8) is 0 Å². The summed E-state index contributed by atoms with van der Waals surface area (Å²) in [5.74, 6) is 0. The van der Waals surface area contributed by atoms with E-state index in [1.165, 1.54) is 22.3 Å². The molecule has 116 valence electrons. The van der Waals surface area contributed by atoms with E-state index in [9.17, 15) is 4.39 Å². The summed E-state index contributed by atoms with van der Waals surface area (Å²) in [5.41, 5.74) is 7.09. The predicted molar refractivity (Wildman–Crippen MR) is 99.6 cm³/mol. The monoisotopic (exact) mass is 368 g/mol. The lowest BCUT2D eigenvalue weighted by Crippen LogP contribution is -1.86. The Morgan fingerprint density at radius 2 is 0.913 bits per heavy atom. The molecule has 0 amide bonds. The molecule has 3 rings (SSSR count). The highest BCUT2D eigenvalue weighted by molar-refractivity contribution is 9.08. The molecule has 2 heteroatoms. The van der Waals surface area contributed by atoms with Gasteiger partial charge in [0.2, 0.25) is 0 Å². The van der Waals surface area contributed by atoms with Gasteiger partial charge >= 0.3 is 0 Å². The van der Waals surface area contributed by atoms with Gasteiger partial charge in [0.1, 0.15) is 0 Å². The van der Waals surface area contributed by atoms with Gasteiger partial charge in [-0.05, 0) is 33.4 Å². The van der Waals surface area contributed by atoms with Crippen LogP contribution in [0.2, 0.25) is 0 Å². The van der Waals surface area contributed by atoms with E-state index in [4.69, 9.17) is 0 Å². The minimum Gasteiger partial charge on any atom is -0.251 e. The maximum Gasteiger partial charge on any atom is 0.0934 e. The van der Waals surface area contributed by atoms with Gasteiger partial charge in [-0.3, -0.25) is 4.39 Å². The maximum absolute atomic E-state index is 12.4. The quantitative estimate of drug-likeness (QED) is 0.455. The summed E-state index contributed by atoms with van der Waals surface area (Å²) in [6.45, 7) is -0.304. The molecule has 0 saturated carbocycles. The minimum absolute atomic E-state index is 0.304.